The Balaban J connectivity index is 2.08. The molecule has 1 unspecified atom stereocenters. The Morgan fingerprint density at radius 3 is 2.25 bits per heavy atom. The fourth-order valence-corrected chi connectivity index (χ4v) is 3.51. The molecule has 2 aromatic rings. The summed E-state index contributed by atoms with van der Waals surface area (Å²) in [6.45, 7) is 9.98. The molecule has 1 N–H and O–H groups in total. The van der Waals surface area contributed by atoms with Crippen molar-refractivity contribution in [2.75, 3.05) is 0 Å². The van der Waals surface area contributed by atoms with Gasteiger partial charge < -0.3 is 9.88 Å². The molecule has 0 aliphatic carbocycles. The summed E-state index contributed by atoms with van der Waals surface area (Å²) in [7, 11) is 0. The maximum absolute atomic E-state index is 13.0. The van der Waals surface area contributed by atoms with Gasteiger partial charge in [-0.05, 0) is 64.4 Å². The Labute approximate surface area is 146 Å². The highest BCUT2D eigenvalue weighted by molar-refractivity contribution is 8.00. The van der Waals surface area contributed by atoms with Gasteiger partial charge in [0.25, 0.3) is 0 Å². The topological polar surface area (TPSA) is 49.0 Å². The van der Waals surface area contributed by atoms with E-state index in [9.17, 15) is 9.18 Å². The Morgan fingerprint density at radius 1 is 1.12 bits per heavy atom. The van der Waals surface area contributed by atoms with Gasteiger partial charge in [-0.25, -0.2) is 9.37 Å². The lowest BCUT2D eigenvalue weighted by atomic mass is 10.2. The minimum atomic E-state index is -0.269. The summed E-state index contributed by atoms with van der Waals surface area (Å²) in [4.78, 5) is 22.1. The highest BCUT2D eigenvalue weighted by Gasteiger charge is 2.26. The fourth-order valence-electron chi connectivity index (χ4n) is 2.67. The highest BCUT2D eigenvalue weighted by atomic mass is 32.2. The van der Waals surface area contributed by atoms with E-state index in [2.05, 4.69) is 9.97 Å². The van der Waals surface area contributed by atoms with Crippen molar-refractivity contribution in [2.24, 2.45) is 0 Å². The van der Waals surface area contributed by atoms with Gasteiger partial charge in [0.15, 0.2) is 5.16 Å². The van der Waals surface area contributed by atoms with Gasteiger partial charge in [0.1, 0.15) is 5.82 Å². The van der Waals surface area contributed by atoms with Crippen LogP contribution in [0.5, 0.6) is 0 Å². The molecule has 0 saturated carbocycles. The maximum atomic E-state index is 13.0. The van der Waals surface area contributed by atoms with Crippen LogP contribution in [0.2, 0.25) is 0 Å². The zero-order valence-electron chi connectivity index (χ0n) is 14.7. The molecule has 1 heterocycles. The van der Waals surface area contributed by atoms with Crippen molar-refractivity contribution >= 4 is 17.7 Å². The minimum Gasteiger partial charge on any atom is -0.337 e. The lowest BCUT2D eigenvalue weighted by Crippen LogP contribution is -2.45. The van der Waals surface area contributed by atoms with Crippen molar-refractivity contribution in [2.45, 2.75) is 57.1 Å². The van der Waals surface area contributed by atoms with E-state index < -0.39 is 0 Å². The number of halogens is 1. The zero-order valence-corrected chi connectivity index (χ0v) is 15.5. The first-order valence-electron chi connectivity index (χ1n) is 8.09. The molecule has 6 heteroatoms. The maximum Gasteiger partial charge on any atom is 0.236 e. The molecule has 24 heavy (non-hydrogen) atoms. The molecule has 130 valence electrons. The van der Waals surface area contributed by atoms with Gasteiger partial charge in [-0.15, -0.1) is 0 Å². The van der Waals surface area contributed by atoms with E-state index in [0.29, 0.717) is 5.16 Å². The second-order valence-electron chi connectivity index (χ2n) is 6.30. The van der Waals surface area contributed by atoms with Crippen LogP contribution >= 0.6 is 11.8 Å². The third-order valence-corrected chi connectivity index (χ3v) is 4.70. The number of nitrogens with one attached hydrogen (secondary N) is 1. The largest absolute Gasteiger partial charge is 0.337 e. The number of aromatic nitrogens is 2. The molecule has 2 rings (SSSR count). The van der Waals surface area contributed by atoms with Gasteiger partial charge in [-0.1, -0.05) is 11.8 Å². The molecule has 0 spiro atoms. The molecule has 1 amide bonds. The number of H-pyrrole nitrogens is 1. The van der Waals surface area contributed by atoms with Crippen molar-refractivity contribution in [1.82, 2.24) is 14.9 Å². The van der Waals surface area contributed by atoms with E-state index in [1.165, 1.54) is 23.9 Å². The number of thioether (sulfide) groups is 1. The first kappa shape index (κ1) is 18.5. The number of benzene rings is 1. The summed E-state index contributed by atoms with van der Waals surface area (Å²) in [6.07, 6.45) is 1.70. The first-order chi connectivity index (χ1) is 11.3. The number of hydrogen-bond donors (Lipinski definition) is 1. The summed E-state index contributed by atoms with van der Waals surface area (Å²) < 4.78 is 13.0. The number of imidazole rings is 1. The molecule has 0 aliphatic rings. The summed E-state index contributed by atoms with van der Waals surface area (Å²) in [5.74, 6) is -0.167. The average molecular weight is 349 g/mol. The van der Waals surface area contributed by atoms with Crippen LogP contribution in [0.25, 0.3) is 11.3 Å². The third-order valence-electron chi connectivity index (χ3n) is 3.71. The Morgan fingerprint density at radius 2 is 1.71 bits per heavy atom. The van der Waals surface area contributed by atoms with E-state index in [-0.39, 0.29) is 29.1 Å². The molecule has 1 aromatic heterocycles. The van der Waals surface area contributed by atoms with E-state index in [4.69, 9.17) is 0 Å². The standard InChI is InChI=1S/C18H24FN3OS/c1-11(2)22(12(3)4)17(23)13(5)24-18-20-10-16(21-18)14-6-8-15(19)9-7-14/h6-13H,1-5H3,(H,20,21). The van der Waals surface area contributed by atoms with Crippen LogP contribution in [0.15, 0.2) is 35.6 Å². The van der Waals surface area contributed by atoms with Crippen molar-refractivity contribution in [1.29, 1.82) is 0 Å². The van der Waals surface area contributed by atoms with Crippen LogP contribution in [0, 0.1) is 5.82 Å². The number of carbonyl (C=O) groups is 1. The lowest BCUT2D eigenvalue weighted by molar-refractivity contribution is -0.133. The molecule has 1 atom stereocenters. The lowest BCUT2D eigenvalue weighted by Gasteiger charge is -2.32. The molecule has 0 radical (unpaired) electrons. The fraction of sp³-hybridized carbons (Fsp3) is 0.444. The summed E-state index contributed by atoms with van der Waals surface area (Å²) >= 11 is 1.40. The average Bonchev–Trinajstić information content (AvgIpc) is 2.95. The van der Waals surface area contributed by atoms with Gasteiger partial charge in [0, 0.05) is 12.1 Å². The van der Waals surface area contributed by atoms with E-state index in [0.717, 1.165) is 11.3 Å². The van der Waals surface area contributed by atoms with Crippen LogP contribution in [-0.2, 0) is 4.79 Å². The van der Waals surface area contributed by atoms with E-state index in [1.54, 1.807) is 18.3 Å². The van der Waals surface area contributed by atoms with Gasteiger partial charge in [-0.3, -0.25) is 4.79 Å². The number of amides is 1. The quantitative estimate of drug-likeness (QED) is 0.789. The van der Waals surface area contributed by atoms with Gasteiger partial charge in [0.2, 0.25) is 5.91 Å². The van der Waals surface area contributed by atoms with Gasteiger partial charge in [-0.2, -0.15) is 0 Å². The second-order valence-corrected chi connectivity index (χ2v) is 7.63. The van der Waals surface area contributed by atoms with Crippen LogP contribution < -0.4 is 0 Å². The van der Waals surface area contributed by atoms with Crippen LogP contribution in [0.3, 0.4) is 0 Å². The molecule has 0 saturated heterocycles. The first-order valence-corrected chi connectivity index (χ1v) is 8.97. The zero-order chi connectivity index (χ0) is 17.9. The van der Waals surface area contributed by atoms with Crippen LogP contribution in [0.4, 0.5) is 4.39 Å². The predicted molar refractivity (Wildman–Crippen MR) is 96.4 cm³/mol. The Kier molecular flexibility index (Phi) is 6.04. The van der Waals surface area contributed by atoms with Crippen molar-refractivity contribution in [3.05, 3.63) is 36.3 Å². The number of nitrogens with zero attached hydrogens (tertiary/aromatic N) is 2. The van der Waals surface area contributed by atoms with E-state index in [1.807, 2.05) is 39.5 Å². The Hall–Kier alpha value is -1.82. The molecular weight excluding hydrogens is 325 g/mol. The minimum absolute atomic E-state index is 0.102. The van der Waals surface area contributed by atoms with Crippen molar-refractivity contribution in [3.63, 3.8) is 0 Å². The molecule has 0 bridgehead atoms. The summed E-state index contributed by atoms with van der Waals surface area (Å²) in [6, 6.07) is 6.55. The third kappa shape index (κ3) is 4.38. The number of hydrogen-bond acceptors (Lipinski definition) is 3. The molecule has 0 fully saturated rings. The van der Waals surface area contributed by atoms with Crippen LogP contribution in [-0.4, -0.2) is 38.1 Å². The Bertz CT molecular complexity index is 674. The van der Waals surface area contributed by atoms with Crippen molar-refractivity contribution in [3.8, 4) is 11.3 Å². The van der Waals surface area contributed by atoms with E-state index >= 15 is 0 Å². The van der Waals surface area contributed by atoms with Gasteiger partial charge in [0.05, 0.1) is 17.1 Å². The number of aromatic amines is 1. The molecule has 1 aromatic carbocycles. The normalized spacial score (nSPS) is 12.7. The highest BCUT2D eigenvalue weighted by Crippen LogP contribution is 2.26. The van der Waals surface area contributed by atoms with Crippen LogP contribution in [0.1, 0.15) is 34.6 Å². The SMILES string of the molecule is CC(Sc1ncc(-c2ccc(F)cc2)[nH]1)C(=O)N(C(C)C)C(C)C. The van der Waals surface area contributed by atoms with Gasteiger partial charge >= 0.3 is 0 Å². The van der Waals surface area contributed by atoms with Crippen molar-refractivity contribution < 1.29 is 9.18 Å². The summed E-state index contributed by atoms with van der Waals surface area (Å²) in [5, 5.41) is 0.449. The number of rotatable bonds is 6. The molecule has 4 nitrogen and oxygen atoms in total. The molecule has 0 aliphatic heterocycles. The molecular formula is C18H24FN3OS. The predicted octanol–water partition coefficient (Wildman–Crippen LogP) is 4.34. The number of carbonyl (C=O) groups excluding carboxylic acids is 1. The monoisotopic (exact) mass is 349 g/mol. The second kappa shape index (κ2) is 7.83. The summed E-state index contributed by atoms with van der Waals surface area (Å²) in [5.41, 5.74) is 1.67. The smallest absolute Gasteiger partial charge is 0.236 e.